The molecule has 2 rings (SSSR count). The third-order valence-electron chi connectivity index (χ3n) is 3.79. The quantitative estimate of drug-likeness (QED) is 0.766. The highest BCUT2D eigenvalue weighted by molar-refractivity contribution is 5.63. The lowest BCUT2D eigenvalue weighted by Gasteiger charge is -2.13. The average molecular weight is 313 g/mol. The minimum atomic E-state index is 0.760. The number of nitrogens with one attached hydrogen (secondary N) is 2. The van der Waals surface area contributed by atoms with Crippen LogP contribution in [0.1, 0.15) is 23.4 Å². The van der Waals surface area contributed by atoms with Gasteiger partial charge in [-0.15, -0.1) is 0 Å². The summed E-state index contributed by atoms with van der Waals surface area (Å²) < 4.78 is 0. The highest BCUT2D eigenvalue weighted by Gasteiger charge is 2.05. The van der Waals surface area contributed by atoms with E-state index in [1.165, 1.54) is 11.1 Å². The molecule has 0 unspecified atom stereocenters. The highest BCUT2D eigenvalue weighted by Crippen LogP contribution is 2.22. The lowest BCUT2D eigenvalue weighted by Crippen LogP contribution is -2.16. The van der Waals surface area contributed by atoms with Gasteiger partial charge in [0.15, 0.2) is 0 Å². The summed E-state index contributed by atoms with van der Waals surface area (Å²) in [5, 5.41) is 6.78. The number of aryl methyl sites for hydroxylation is 2. The Hall–Kier alpha value is -2.14. The van der Waals surface area contributed by atoms with Crippen LogP contribution < -0.4 is 10.6 Å². The molecule has 2 aromatic rings. The van der Waals surface area contributed by atoms with Gasteiger partial charge in [-0.1, -0.05) is 12.1 Å². The van der Waals surface area contributed by atoms with E-state index in [0.29, 0.717) is 0 Å². The van der Waals surface area contributed by atoms with E-state index in [-0.39, 0.29) is 0 Å². The molecule has 0 aliphatic rings. The van der Waals surface area contributed by atoms with Crippen molar-refractivity contribution in [3.05, 3.63) is 41.2 Å². The molecule has 0 bridgehead atoms. The van der Waals surface area contributed by atoms with Gasteiger partial charge in [0.2, 0.25) is 0 Å². The lowest BCUT2D eigenvalue weighted by atomic mass is 10.1. The SMILES string of the molecule is Cc1nc(NCCCN(C)C)cc(Nc2cccc(C)c2C)n1. The summed E-state index contributed by atoms with van der Waals surface area (Å²) in [7, 11) is 4.17. The fraction of sp³-hybridized carbons (Fsp3) is 0.444. The average Bonchev–Trinajstić information content (AvgIpc) is 2.48. The zero-order valence-corrected chi connectivity index (χ0v) is 14.8. The van der Waals surface area contributed by atoms with E-state index in [4.69, 9.17) is 0 Å². The first kappa shape index (κ1) is 17.2. The number of nitrogens with zero attached hydrogens (tertiary/aromatic N) is 3. The van der Waals surface area contributed by atoms with Gasteiger partial charge in [0.05, 0.1) is 0 Å². The predicted molar refractivity (Wildman–Crippen MR) is 97.6 cm³/mol. The molecule has 5 nitrogen and oxygen atoms in total. The van der Waals surface area contributed by atoms with Crippen molar-refractivity contribution in [1.29, 1.82) is 0 Å². The third-order valence-corrected chi connectivity index (χ3v) is 3.79. The highest BCUT2D eigenvalue weighted by atomic mass is 15.1. The molecule has 0 aliphatic carbocycles. The molecule has 1 aromatic heterocycles. The second-order valence-corrected chi connectivity index (χ2v) is 6.14. The van der Waals surface area contributed by atoms with Gasteiger partial charge >= 0.3 is 0 Å². The Morgan fingerprint density at radius 2 is 1.78 bits per heavy atom. The van der Waals surface area contributed by atoms with Gasteiger partial charge in [0.1, 0.15) is 17.5 Å². The van der Waals surface area contributed by atoms with E-state index < -0.39 is 0 Å². The summed E-state index contributed by atoms with van der Waals surface area (Å²) in [6, 6.07) is 8.21. The summed E-state index contributed by atoms with van der Waals surface area (Å²) >= 11 is 0. The zero-order chi connectivity index (χ0) is 16.8. The largest absolute Gasteiger partial charge is 0.370 e. The molecular weight excluding hydrogens is 286 g/mol. The van der Waals surface area contributed by atoms with E-state index in [1.54, 1.807) is 0 Å². The minimum Gasteiger partial charge on any atom is -0.370 e. The molecule has 0 atom stereocenters. The smallest absolute Gasteiger partial charge is 0.136 e. The monoisotopic (exact) mass is 313 g/mol. The number of benzene rings is 1. The predicted octanol–water partition coefficient (Wildman–Crippen LogP) is 3.51. The van der Waals surface area contributed by atoms with Crippen LogP contribution in [0.4, 0.5) is 17.3 Å². The van der Waals surface area contributed by atoms with Gasteiger partial charge in [-0.2, -0.15) is 0 Å². The molecule has 1 heterocycles. The molecule has 0 fully saturated rings. The second-order valence-electron chi connectivity index (χ2n) is 6.14. The molecule has 2 N–H and O–H groups in total. The second kappa shape index (κ2) is 7.92. The molecule has 0 radical (unpaired) electrons. The molecule has 124 valence electrons. The summed E-state index contributed by atoms with van der Waals surface area (Å²) in [5.41, 5.74) is 3.59. The molecule has 0 aliphatic heterocycles. The molecule has 5 heteroatoms. The molecule has 1 aromatic carbocycles. The Balaban J connectivity index is 2.06. The van der Waals surface area contributed by atoms with Crippen molar-refractivity contribution in [2.75, 3.05) is 37.8 Å². The Kier molecular flexibility index (Phi) is 5.93. The molecule has 0 saturated heterocycles. The third kappa shape index (κ3) is 5.21. The van der Waals surface area contributed by atoms with Crippen molar-refractivity contribution in [3.63, 3.8) is 0 Å². The Bertz CT molecular complexity index is 652. The molecule has 0 spiro atoms. The van der Waals surface area contributed by atoms with Crippen molar-refractivity contribution in [3.8, 4) is 0 Å². The molecule has 0 amide bonds. The number of hydrogen-bond acceptors (Lipinski definition) is 5. The van der Waals surface area contributed by atoms with E-state index in [2.05, 4.69) is 71.6 Å². The van der Waals surface area contributed by atoms with Crippen LogP contribution in [-0.2, 0) is 0 Å². The fourth-order valence-electron chi connectivity index (χ4n) is 2.36. The van der Waals surface area contributed by atoms with E-state index in [9.17, 15) is 0 Å². The van der Waals surface area contributed by atoms with Crippen LogP contribution in [0.15, 0.2) is 24.3 Å². The van der Waals surface area contributed by atoms with E-state index >= 15 is 0 Å². The van der Waals surface area contributed by atoms with Crippen LogP contribution in [0.2, 0.25) is 0 Å². The Labute approximate surface area is 139 Å². The number of anilines is 3. The lowest BCUT2D eigenvalue weighted by molar-refractivity contribution is 0.405. The van der Waals surface area contributed by atoms with Crippen molar-refractivity contribution < 1.29 is 0 Å². The topological polar surface area (TPSA) is 53.1 Å². The first-order valence-corrected chi connectivity index (χ1v) is 8.03. The number of hydrogen-bond donors (Lipinski definition) is 2. The maximum absolute atomic E-state index is 4.49. The van der Waals surface area contributed by atoms with Crippen LogP contribution >= 0.6 is 0 Å². The van der Waals surface area contributed by atoms with Crippen molar-refractivity contribution in [2.24, 2.45) is 0 Å². The van der Waals surface area contributed by atoms with Crippen LogP contribution in [0, 0.1) is 20.8 Å². The first-order valence-electron chi connectivity index (χ1n) is 8.03. The van der Waals surface area contributed by atoms with Gasteiger partial charge in [0.25, 0.3) is 0 Å². The van der Waals surface area contributed by atoms with Gasteiger partial charge in [0, 0.05) is 18.3 Å². The van der Waals surface area contributed by atoms with Gasteiger partial charge in [-0.05, 0) is 65.0 Å². The summed E-state index contributed by atoms with van der Waals surface area (Å²) in [6.45, 7) is 8.11. The maximum atomic E-state index is 4.49. The summed E-state index contributed by atoms with van der Waals surface area (Å²) in [6.07, 6.45) is 1.08. The van der Waals surface area contributed by atoms with Crippen molar-refractivity contribution in [1.82, 2.24) is 14.9 Å². The Morgan fingerprint density at radius 1 is 1.04 bits per heavy atom. The summed E-state index contributed by atoms with van der Waals surface area (Å²) in [4.78, 5) is 11.1. The van der Waals surface area contributed by atoms with Crippen LogP contribution in [0.3, 0.4) is 0 Å². The van der Waals surface area contributed by atoms with Gasteiger partial charge < -0.3 is 15.5 Å². The molecular formula is C18H27N5. The van der Waals surface area contributed by atoms with E-state index in [1.807, 2.05) is 13.0 Å². The fourth-order valence-corrected chi connectivity index (χ4v) is 2.36. The number of aromatic nitrogens is 2. The normalized spacial score (nSPS) is 10.9. The maximum Gasteiger partial charge on any atom is 0.136 e. The van der Waals surface area contributed by atoms with Crippen LogP contribution in [0.25, 0.3) is 0 Å². The van der Waals surface area contributed by atoms with Crippen molar-refractivity contribution in [2.45, 2.75) is 27.2 Å². The van der Waals surface area contributed by atoms with Gasteiger partial charge in [-0.25, -0.2) is 9.97 Å². The van der Waals surface area contributed by atoms with Crippen molar-refractivity contribution >= 4 is 17.3 Å². The standard InChI is InChI=1S/C18H27N5/c1-13-8-6-9-16(14(13)2)22-18-12-17(20-15(3)21-18)19-10-7-11-23(4)5/h6,8-9,12H,7,10-11H2,1-5H3,(H2,19,20,21,22). The zero-order valence-electron chi connectivity index (χ0n) is 14.8. The van der Waals surface area contributed by atoms with Gasteiger partial charge in [-0.3, -0.25) is 0 Å². The minimum absolute atomic E-state index is 0.760. The van der Waals surface area contributed by atoms with Crippen LogP contribution in [-0.4, -0.2) is 42.1 Å². The van der Waals surface area contributed by atoms with E-state index in [0.717, 1.165) is 42.7 Å². The number of rotatable bonds is 7. The molecule has 23 heavy (non-hydrogen) atoms. The molecule has 0 saturated carbocycles. The van der Waals surface area contributed by atoms with Crippen LogP contribution in [0.5, 0.6) is 0 Å². The first-order chi connectivity index (χ1) is 11.0. The summed E-state index contributed by atoms with van der Waals surface area (Å²) in [5.74, 6) is 2.45. The Morgan fingerprint density at radius 3 is 2.52 bits per heavy atom.